The van der Waals surface area contributed by atoms with Gasteiger partial charge in [0.15, 0.2) is 0 Å². The van der Waals surface area contributed by atoms with E-state index in [1.807, 2.05) is 0 Å². The SMILES string of the molecule is CC(C)COc1ccc(N2CCC(CN)C2)cc1. The summed E-state index contributed by atoms with van der Waals surface area (Å²) in [5.41, 5.74) is 7.00. The molecular weight excluding hydrogens is 224 g/mol. The quantitative estimate of drug-likeness (QED) is 0.870. The largest absolute Gasteiger partial charge is 0.493 e. The smallest absolute Gasteiger partial charge is 0.119 e. The molecule has 0 bridgehead atoms. The van der Waals surface area contributed by atoms with Crippen molar-refractivity contribution in [2.24, 2.45) is 17.6 Å². The summed E-state index contributed by atoms with van der Waals surface area (Å²) in [6, 6.07) is 8.42. The van der Waals surface area contributed by atoms with Gasteiger partial charge in [0.1, 0.15) is 5.75 Å². The first-order valence-corrected chi connectivity index (χ1v) is 6.87. The third kappa shape index (κ3) is 3.39. The molecule has 2 N–H and O–H groups in total. The van der Waals surface area contributed by atoms with Gasteiger partial charge in [0, 0.05) is 18.8 Å². The van der Waals surface area contributed by atoms with Crippen molar-refractivity contribution in [3.05, 3.63) is 24.3 Å². The van der Waals surface area contributed by atoms with Gasteiger partial charge < -0.3 is 15.4 Å². The average Bonchev–Trinajstić information content (AvgIpc) is 2.85. The highest BCUT2D eigenvalue weighted by Crippen LogP contribution is 2.25. The molecule has 1 saturated heterocycles. The van der Waals surface area contributed by atoms with Crippen LogP contribution in [0.2, 0.25) is 0 Å². The summed E-state index contributed by atoms with van der Waals surface area (Å²) in [5.74, 6) is 2.18. The number of rotatable bonds is 5. The first kappa shape index (κ1) is 13.2. The molecule has 0 aromatic heterocycles. The number of benzene rings is 1. The van der Waals surface area contributed by atoms with Crippen LogP contribution in [0.15, 0.2) is 24.3 Å². The fraction of sp³-hybridized carbons (Fsp3) is 0.600. The summed E-state index contributed by atoms with van der Waals surface area (Å²) in [6.45, 7) is 8.10. The predicted molar refractivity (Wildman–Crippen MR) is 76.1 cm³/mol. The summed E-state index contributed by atoms with van der Waals surface area (Å²) < 4.78 is 5.69. The second kappa shape index (κ2) is 6.10. The average molecular weight is 248 g/mol. The number of ether oxygens (including phenoxy) is 1. The summed E-state index contributed by atoms with van der Waals surface area (Å²) in [4.78, 5) is 2.41. The summed E-state index contributed by atoms with van der Waals surface area (Å²) in [5, 5.41) is 0. The maximum Gasteiger partial charge on any atom is 0.119 e. The van der Waals surface area contributed by atoms with Gasteiger partial charge >= 0.3 is 0 Å². The molecule has 0 saturated carbocycles. The van der Waals surface area contributed by atoms with E-state index in [9.17, 15) is 0 Å². The molecule has 1 atom stereocenters. The molecule has 2 rings (SSSR count). The molecule has 1 aliphatic heterocycles. The Bertz CT molecular complexity index is 361. The van der Waals surface area contributed by atoms with Crippen LogP contribution in [0.4, 0.5) is 5.69 Å². The van der Waals surface area contributed by atoms with Crippen LogP contribution in [0.3, 0.4) is 0 Å². The van der Waals surface area contributed by atoms with Gasteiger partial charge in [-0.25, -0.2) is 0 Å². The number of anilines is 1. The summed E-state index contributed by atoms with van der Waals surface area (Å²) in [7, 11) is 0. The van der Waals surface area contributed by atoms with Gasteiger partial charge in [-0.05, 0) is 49.1 Å². The highest BCUT2D eigenvalue weighted by Gasteiger charge is 2.21. The van der Waals surface area contributed by atoms with E-state index < -0.39 is 0 Å². The Morgan fingerprint density at radius 2 is 2.06 bits per heavy atom. The molecular formula is C15H24N2O. The molecule has 1 aromatic rings. The monoisotopic (exact) mass is 248 g/mol. The van der Waals surface area contributed by atoms with Crippen LogP contribution >= 0.6 is 0 Å². The minimum Gasteiger partial charge on any atom is -0.493 e. The lowest BCUT2D eigenvalue weighted by molar-refractivity contribution is 0.271. The third-order valence-corrected chi connectivity index (χ3v) is 3.40. The van der Waals surface area contributed by atoms with Gasteiger partial charge in [-0.15, -0.1) is 0 Å². The van der Waals surface area contributed by atoms with E-state index in [2.05, 4.69) is 43.0 Å². The van der Waals surface area contributed by atoms with E-state index in [1.165, 1.54) is 12.1 Å². The number of nitrogens with two attached hydrogens (primary N) is 1. The van der Waals surface area contributed by atoms with Gasteiger partial charge in [0.05, 0.1) is 6.61 Å². The van der Waals surface area contributed by atoms with Crippen molar-refractivity contribution >= 4 is 5.69 Å². The highest BCUT2D eigenvalue weighted by atomic mass is 16.5. The Hall–Kier alpha value is -1.22. The molecule has 3 heteroatoms. The number of nitrogens with zero attached hydrogens (tertiary/aromatic N) is 1. The zero-order valence-electron chi connectivity index (χ0n) is 11.4. The van der Waals surface area contributed by atoms with Gasteiger partial charge in [-0.2, -0.15) is 0 Å². The first-order chi connectivity index (χ1) is 8.69. The molecule has 1 unspecified atom stereocenters. The van der Waals surface area contributed by atoms with Crippen LogP contribution in [-0.4, -0.2) is 26.2 Å². The fourth-order valence-corrected chi connectivity index (χ4v) is 2.28. The van der Waals surface area contributed by atoms with Crippen molar-refractivity contribution in [1.82, 2.24) is 0 Å². The van der Waals surface area contributed by atoms with Crippen molar-refractivity contribution in [3.8, 4) is 5.75 Å². The van der Waals surface area contributed by atoms with Gasteiger partial charge in [-0.3, -0.25) is 0 Å². The van der Waals surface area contributed by atoms with Gasteiger partial charge in [0.25, 0.3) is 0 Å². The Morgan fingerprint density at radius 3 is 2.61 bits per heavy atom. The third-order valence-electron chi connectivity index (χ3n) is 3.40. The molecule has 1 aromatic carbocycles. The fourth-order valence-electron chi connectivity index (χ4n) is 2.28. The Balaban J connectivity index is 1.91. The molecule has 3 nitrogen and oxygen atoms in total. The van der Waals surface area contributed by atoms with E-state index in [0.29, 0.717) is 11.8 Å². The van der Waals surface area contributed by atoms with Crippen LogP contribution in [0, 0.1) is 11.8 Å². The molecule has 0 spiro atoms. The van der Waals surface area contributed by atoms with Crippen molar-refractivity contribution in [1.29, 1.82) is 0 Å². The zero-order chi connectivity index (χ0) is 13.0. The van der Waals surface area contributed by atoms with Crippen molar-refractivity contribution in [2.45, 2.75) is 20.3 Å². The van der Waals surface area contributed by atoms with Gasteiger partial charge in [-0.1, -0.05) is 13.8 Å². The molecule has 1 fully saturated rings. The molecule has 1 heterocycles. The first-order valence-electron chi connectivity index (χ1n) is 6.87. The van der Waals surface area contributed by atoms with E-state index in [-0.39, 0.29) is 0 Å². The van der Waals surface area contributed by atoms with E-state index in [4.69, 9.17) is 10.5 Å². The minimum absolute atomic E-state index is 0.563. The Labute approximate surface area is 110 Å². The van der Waals surface area contributed by atoms with E-state index in [0.717, 1.165) is 32.0 Å². The summed E-state index contributed by atoms with van der Waals surface area (Å²) in [6.07, 6.45) is 1.21. The second-order valence-electron chi connectivity index (χ2n) is 5.54. The van der Waals surface area contributed by atoms with Crippen molar-refractivity contribution in [3.63, 3.8) is 0 Å². The molecule has 100 valence electrons. The van der Waals surface area contributed by atoms with Crippen LogP contribution in [0.1, 0.15) is 20.3 Å². The van der Waals surface area contributed by atoms with Crippen LogP contribution in [0.25, 0.3) is 0 Å². The van der Waals surface area contributed by atoms with E-state index in [1.54, 1.807) is 0 Å². The standard InChI is InChI=1S/C15H24N2O/c1-12(2)11-18-15-5-3-14(4-6-15)17-8-7-13(9-16)10-17/h3-6,12-13H,7-11,16H2,1-2H3. The second-order valence-corrected chi connectivity index (χ2v) is 5.54. The van der Waals surface area contributed by atoms with Gasteiger partial charge in [0.2, 0.25) is 0 Å². The Morgan fingerprint density at radius 1 is 1.33 bits per heavy atom. The lowest BCUT2D eigenvalue weighted by Crippen LogP contribution is -2.22. The highest BCUT2D eigenvalue weighted by molar-refractivity contribution is 5.49. The lowest BCUT2D eigenvalue weighted by Gasteiger charge is -2.19. The predicted octanol–water partition coefficient (Wildman–Crippen LogP) is 2.51. The minimum atomic E-state index is 0.563. The topological polar surface area (TPSA) is 38.5 Å². The number of hydrogen-bond acceptors (Lipinski definition) is 3. The van der Waals surface area contributed by atoms with Crippen LogP contribution in [-0.2, 0) is 0 Å². The molecule has 0 radical (unpaired) electrons. The summed E-state index contributed by atoms with van der Waals surface area (Å²) >= 11 is 0. The maximum absolute atomic E-state index is 5.72. The molecule has 18 heavy (non-hydrogen) atoms. The van der Waals surface area contributed by atoms with Crippen molar-refractivity contribution in [2.75, 3.05) is 31.1 Å². The van der Waals surface area contributed by atoms with Crippen LogP contribution in [0.5, 0.6) is 5.75 Å². The van der Waals surface area contributed by atoms with Crippen LogP contribution < -0.4 is 15.4 Å². The zero-order valence-corrected chi connectivity index (χ0v) is 11.4. The number of hydrogen-bond donors (Lipinski definition) is 1. The van der Waals surface area contributed by atoms with E-state index >= 15 is 0 Å². The van der Waals surface area contributed by atoms with Crippen molar-refractivity contribution < 1.29 is 4.74 Å². The Kier molecular flexibility index (Phi) is 4.48. The normalized spacial score (nSPS) is 19.6. The lowest BCUT2D eigenvalue weighted by atomic mass is 10.1. The maximum atomic E-state index is 5.72. The molecule has 1 aliphatic rings. The molecule has 0 amide bonds. The molecule has 0 aliphatic carbocycles.